The van der Waals surface area contributed by atoms with E-state index < -0.39 is 0 Å². The SMILES string of the molecule is COCCOc1ccc(NC(=O)C[C@H](C)N2CCCCC2=O)cc1. The number of hydrogen-bond donors (Lipinski definition) is 1. The van der Waals surface area contributed by atoms with E-state index in [-0.39, 0.29) is 17.9 Å². The van der Waals surface area contributed by atoms with Gasteiger partial charge in [-0.15, -0.1) is 0 Å². The minimum Gasteiger partial charge on any atom is -0.491 e. The van der Waals surface area contributed by atoms with Gasteiger partial charge in [0.15, 0.2) is 0 Å². The van der Waals surface area contributed by atoms with Crippen molar-refractivity contribution in [2.75, 3.05) is 32.2 Å². The summed E-state index contributed by atoms with van der Waals surface area (Å²) in [6.07, 6.45) is 2.86. The Hall–Kier alpha value is -2.08. The fraction of sp³-hybridized carbons (Fsp3) is 0.556. The molecule has 1 saturated heterocycles. The number of hydrogen-bond acceptors (Lipinski definition) is 4. The second-order valence-electron chi connectivity index (χ2n) is 6.01. The van der Waals surface area contributed by atoms with E-state index in [0.717, 1.165) is 30.8 Å². The summed E-state index contributed by atoms with van der Waals surface area (Å²) in [7, 11) is 1.63. The van der Waals surface area contributed by atoms with Gasteiger partial charge in [0.1, 0.15) is 12.4 Å². The van der Waals surface area contributed by atoms with Crippen LogP contribution in [-0.2, 0) is 14.3 Å². The molecule has 6 nitrogen and oxygen atoms in total. The zero-order valence-electron chi connectivity index (χ0n) is 14.4. The van der Waals surface area contributed by atoms with Crippen LogP contribution in [0.15, 0.2) is 24.3 Å². The Morgan fingerprint density at radius 2 is 2.00 bits per heavy atom. The van der Waals surface area contributed by atoms with Crippen molar-refractivity contribution >= 4 is 17.5 Å². The van der Waals surface area contributed by atoms with Crippen molar-refractivity contribution in [3.05, 3.63) is 24.3 Å². The highest BCUT2D eigenvalue weighted by Gasteiger charge is 2.24. The molecule has 1 aliphatic heterocycles. The van der Waals surface area contributed by atoms with E-state index in [0.29, 0.717) is 26.1 Å². The summed E-state index contributed by atoms with van der Waals surface area (Å²) in [4.78, 5) is 25.9. The van der Waals surface area contributed by atoms with E-state index in [9.17, 15) is 9.59 Å². The van der Waals surface area contributed by atoms with Crippen LogP contribution in [0.2, 0.25) is 0 Å². The van der Waals surface area contributed by atoms with E-state index in [1.54, 1.807) is 19.2 Å². The van der Waals surface area contributed by atoms with Gasteiger partial charge in [-0.3, -0.25) is 9.59 Å². The fourth-order valence-electron chi connectivity index (χ4n) is 2.76. The molecule has 6 heteroatoms. The van der Waals surface area contributed by atoms with Gasteiger partial charge < -0.3 is 19.7 Å². The van der Waals surface area contributed by atoms with Crippen molar-refractivity contribution in [2.45, 2.75) is 38.6 Å². The molecule has 1 fully saturated rings. The molecule has 2 amide bonds. The van der Waals surface area contributed by atoms with Gasteiger partial charge in [-0.1, -0.05) is 0 Å². The summed E-state index contributed by atoms with van der Waals surface area (Å²) in [6.45, 7) is 3.70. The maximum absolute atomic E-state index is 12.2. The molecule has 1 aromatic rings. The average molecular weight is 334 g/mol. The highest BCUT2D eigenvalue weighted by atomic mass is 16.5. The maximum atomic E-state index is 12.2. The van der Waals surface area contributed by atoms with Gasteiger partial charge in [0.05, 0.1) is 6.61 Å². The van der Waals surface area contributed by atoms with Gasteiger partial charge in [-0.05, 0) is 44.0 Å². The van der Waals surface area contributed by atoms with Gasteiger partial charge in [-0.2, -0.15) is 0 Å². The minimum atomic E-state index is -0.0890. The standard InChI is InChI=1S/C18H26N2O4/c1-14(20-10-4-3-5-18(20)22)13-17(21)19-15-6-8-16(9-7-15)24-12-11-23-2/h6-9,14H,3-5,10-13H2,1-2H3,(H,19,21)/t14-/m0/s1. The van der Waals surface area contributed by atoms with Gasteiger partial charge in [0, 0.05) is 38.2 Å². The largest absolute Gasteiger partial charge is 0.491 e. The number of methoxy groups -OCH3 is 1. The van der Waals surface area contributed by atoms with Crippen LogP contribution in [0.25, 0.3) is 0 Å². The monoisotopic (exact) mass is 334 g/mol. The van der Waals surface area contributed by atoms with Crippen LogP contribution in [0.3, 0.4) is 0 Å². The number of likely N-dealkylation sites (tertiary alicyclic amines) is 1. The van der Waals surface area contributed by atoms with Crippen LogP contribution in [-0.4, -0.2) is 49.6 Å². The van der Waals surface area contributed by atoms with Crippen LogP contribution in [0, 0.1) is 0 Å². The summed E-state index contributed by atoms with van der Waals surface area (Å²) in [5.41, 5.74) is 0.719. The maximum Gasteiger partial charge on any atom is 0.226 e. The summed E-state index contributed by atoms with van der Waals surface area (Å²) >= 11 is 0. The summed E-state index contributed by atoms with van der Waals surface area (Å²) in [5, 5.41) is 2.86. The molecule has 1 atom stereocenters. The molecule has 1 N–H and O–H groups in total. The molecule has 0 spiro atoms. The highest BCUT2D eigenvalue weighted by Crippen LogP contribution is 2.18. The van der Waals surface area contributed by atoms with E-state index in [4.69, 9.17) is 9.47 Å². The Balaban J connectivity index is 1.80. The fourth-order valence-corrected chi connectivity index (χ4v) is 2.76. The second-order valence-corrected chi connectivity index (χ2v) is 6.01. The third kappa shape index (κ3) is 5.53. The van der Waals surface area contributed by atoms with Crippen LogP contribution in [0.1, 0.15) is 32.6 Å². The Morgan fingerprint density at radius 3 is 2.67 bits per heavy atom. The summed E-state index contributed by atoms with van der Waals surface area (Å²) < 4.78 is 10.4. The van der Waals surface area contributed by atoms with E-state index in [2.05, 4.69) is 5.32 Å². The number of anilines is 1. The van der Waals surface area contributed by atoms with Gasteiger partial charge in [0.2, 0.25) is 11.8 Å². The number of ether oxygens (including phenoxy) is 2. The van der Waals surface area contributed by atoms with Gasteiger partial charge in [0.25, 0.3) is 0 Å². The normalized spacial score (nSPS) is 15.9. The predicted octanol–water partition coefficient (Wildman–Crippen LogP) is 2.44. The van der Waals surface area contributed by atoms with Crippen molar-refractivity contribution < 1.29 is 19.1 Å². The quantitative estimate of drug-likeness (QED) is 0.742. The molecule has 1 aromatic carbocycles. The zero-order valence-corrected chi connectivity index (χ0v) is 14.4. The molecule has 0 radical (unpaired) electrons. The molecule has 1 aliphatic rings. The summed E-state index contributed by atoms with van der Waals surface area (Å²) in [5.74, 6) is 0.797. The van der Waals surface area contributed by atoms with Crippen LogP contribution in [0.4, 0.5) is 5.69 Å². The number of piperidine rings is 1. The lowest BCUT2D eigenvalue weighted by Crippen LogP contribution is -2.43. The number of rotatable bonds is 8. The second kappa shape index (κ2) is 9.27. The summed E-state index contributed by atoms with van der Waals surface area (Å²) in [6, 6.07) is 7.15. The molecule has 0 bridgehead atoms. The molecule has 0 aliphatic carbocycles. The third-order valence-corrected chi connectivity index (χ3v) is 4.07. The minimum absolute atomic E-state index is 0.0746. The third-order valence-electron chi connectivity index (χ3n) is 4.07. The van der Waals surface area contributed by atoms with Crippen LogP contribution in [0.5, 0.6) is 5.75 Å². The number of benzene rings is 1. The number of nitrogens with zero attached hydrogens (tertiary/aromatic N) is 1. The van der Waals surface area contributed by atoms with Gasteiger partial charge >= 0.3 is 0 Å². The molecule has 0 unspecified atom stereocenters. The first-order valence-corrected chi connectivity index (χ1v) is 8.41. The Labute approximate surface area is 143 Å². The topological polar surface area (TPSA) is 67.9 Å². The van der Waals surface area contributed by atoms with Crippen molar-refractivity contribution in [2.24, 2.45) is 0 Å². The van der Waals surface area contributed by atoms with Gasteiger partial charge in [-0.25, -0.2) is 0 Å². The van der Waals surface area contributed by atoms with Crippen LogP contribution >= 0.6 is 0 Å². The first kappa shape index (κ1) is 18.3. The van der Waals surface area contributed by atoms with Crippen molar-refractivity contribution in [1.29, 1.82) is 0 Å². The lowest BCUT2D eigenvalue weighted by atomic mass is 10.1. The first-order valence-electron chi connectivity index (χ1n) is 8.41. The number of carbonyl (C=O) groups excluding carboxylic acids is 2. The number of carbonyl (C=O) groups is 2. The Kier molecular flexibility index (Phi) is 7.06. The molecule has 0 saturated carbocycles. The number of amides is 2. The van der Waals surface area contributed by atoms with E-state index in [1.807, 2.05) is 24.0 Å². The molecular formula is C18H26N2O4. The molecular weight excluding hydrogens is 308 g/mol. The number of nitrogens with one attached hydrogen (secondary N) is 1. The molecule has 2 rings (SSSR count). The molecule has 24 heavy (non-hydrogen) atoms. The molecule has 132 valence electrons. The van der Waals surface area contributed by atoms with Crippen molar-refractivity contribution in [3.8, 4) is 5.75 Å². The molecule has 0 aromatic heterocycles. The highest BCUT2D eigenvalue weighted by molar-refractivity contribution is 5.91. The Morgan fingerprint density at radius 1 is 1.25 bits per heavy atom. The smallest absolute Gasteiger partial charge is 0.226 e. The van der Waals surface area contributed by atoms with Crippen molar-refractivity contribution in [1.82, 2.24) is 4.90 Å². The van der Waals surface area contributed by atoms with Crippen LogP contribution < -0.4 is 10.1 Å². The molecule has 1 heterocycles. The lowest BCUT2D eigenvalue weighted by Gasteiger charge is -2.32. The average Bonchev–Trinajstić information content (AvgIpc) is 2.57. The predicted molar refractivity (Wildman–Crippen MR) is 92.1 cm³/mol. The van der Waals surface area contributed by atoms with E-state index >= 15 is 0 Å². The zero-order chi connectivity index (χ0) is 17.4. The Bertz CT molecular complexity index is 544. The first-order chi connectivity index (χ1) is 11.6. The van der Waals surface area contributed by atoms with E-state index in [1.165, 1.54) is 0 Å². The van der Waals surface area contributed by atoms with Crippen molar-refractivity contribution in [3.63, 3.8) is 0 Å². The lowest BCUT2D eigenvalue weighted by molar-refractivity contribution is -0.136.